The molecule has 0 spiro atoms. The molecule has 5 nitrogen and oxygen atoms in total. The topological polar surface area (TPSA) is 81.9 Å². The fraction of sp³-hybridized carbons (Fsp3) is 0.462. The molecule has 0 saturated heterocycles. The Kier molecular flexibility index (Phi) is 4.30. The third kappa shape index (κ3) is 3.07. The lowest BCUT2D eigenvalue weighted by molar-refractivity contribution is 0.583. The summed E-state index contributed by atoms with van der Waals surface area (Å²) in [6.45, 7) is 2.20. The molecule has 1 unspecified atom stereocenters. The molecule has 2 rings (SSSR count). The van der Waals surface area contributed by atoms with Gasteiger partial charge >= 0.3 is 0 Å². The standard InChI is InChI=1S/C13H21N5/c1-18-9-17-12-6-10(2-3-13(12)18)4-5-16-8-11(15)7-14/h2-3,6,9,11,16H,4-5,7-8,14-15H2,1H3. The lowest BCUT2D eigenvalue weighted by atomic mass is 10.1. The van der Waals surface area contributed by atoms with Crippen LogP contribution in [-0.4, -0.2) is 35.2 Å². The predicted octanol–water partition coefficient (Wildman–Crippen LogP) is -0.00860. The Morgan fingerprint density at radius 2 is 2.28 bits per heavy atom. The number of hydrogen-bond donors (Lipinski definition) is 3. The number of nitrogens with one attached hydrogen (secondary N) is 1. The van der Waals surface area contributed by atoms with Gasteiger partial charge in [-0.15, -0.1) is 0 Å². The van der Waals surface area contributed by atoms with Crippen LogP contribution in [0.1, 0.15) is 5.56 Å². The van der Waals surface area contributed by atoms with Gasteiger partial charge in [0.1, 0.15) is 0 Å². The molecule has 0 saturated carbocycles. The molecule has 0 fully saturated rings. The van der Waals surface area contributed by atoms with E-state index in [-0.39, 0.29) is 6.04 Å². The van der Waals surface area contributed by atoms with E-state index in [9.17, 15) is 0 Å². The summed E-state index contributed by atoms with van der Waals surface area (Å²) in [6, 6.07) is 6.45. The normalized spacial score (nSPS) is 13.1. The summed E-state index contributed by atoms with van der Waals surface area (Å²) in [5.74, 6) is 0. The largest absolute Gasteiger partial charge is 0.334 e. The summed E-state index contributed by atoms with van der Waals surface area (Å²) in [7, 11) is 2.00. The zero-order valence-corrected chi connectivity index (χ0v) is 10.8. The van der Waals surface area contributed by atoms with E-state index in [0.29, 0.717) is 6.54 Å². The van der Waals surface area contributed by atoms with Gasteiger partial charge in [0.05, 0.1) is 17.4 Å². The van der Waals surface area contributed by atoms with Crippen molar-refractivity contribution in [1.82, 2.24) is 14.9 Å². The van der Waals surface area contributed by atoms with Crippen molar-refractivity contribution in [2.45, 2.75) is 12.5 Å². The maximum Gasteiger partial charge on any atom is 0.0955 e. The number of nitrogens with zero attached hydrogens (tertiary/aromatic N) is 2. The van der Waals surface area contributed by atoms with Gasteiger partial charge in [0.15, 0.2) is 0 Å². The van der Waals surface area contributed by atoms with Crippen molar-refractivity contribution in [3.63, 3.8) is 0 Å². The molecule has 5 N–H and O–H groups in total. The van der Waals surface area contributed by atoms with Gasteiger partial charge in [-0.2, -0.15) is 0 Å². The third-order valence-corrected chi connectivity index (χ3v) is 3.09. The number of rotatable bonds is 6. The number of benzene rings is 1. The van der Waals surface area contributed by atoms with Crippen LogP contribution in [-0.2, 0) is 13.5 Å². The Balaban J connectivity index is 1.88. The minimum atomic E-state index is 0.0447. The van der Waals surface area contributed by atoms with Crippen LogP contribution >= 0.6 is 0 Å². The van der Waals surface area contributed by atoms with Crippen LogP contribution in [0.4, 0.5) is 0 Å². The molecule has 0 radical (unpaired) electrons. The summed E-state index contributed by atoms with van der Waals surface area (Å²) in [5, 5.41) is 3.31. The SMILES string of the molecule is Cn1cnc2cc(CCNCC(N)CN)ccc21. The summed E-state index contributed by atoms with van der Waals surface area (Å²) in [4.78, 5) is 4.35. The monoisotopic (exact) mass is 247 g/mol. The molecule has 1 aromatic heterocycles. The van der Waals surface area contributed by atoms with Crippen molar-refractivity contribution in [3.8, 4) is 0 Å². The second-order valence-electron chi connectivity index (χ2n) is 4.63. The third-order valence-electron chi connectivity index (χ3n) is 3.09. The van der Waals surface area contributed by atoms with Gasteiger partial charge in [-0.25, -0.2) is 4.98 Å². The van der Waals surface area contributed by atoms with Crippen LogP contribution in [0, 0.1) is 0 Å². The average Bonchev–Trinajstić information content (AvgIpc) is 2.76. The molecule has 0 aliphatic heterocycles. The van der Waals surface area contributed by atoms with Crippen LogP contribution in [0.5, 0.6) is 0 Å². The van der Waals surface area contributed by atoms with Crippen molar-refractivity contribution in [3.05, 3.63) is 30.1 Å². The first-order valence-electron chi connectivity index (χ1n) is 6.27. The minimum absolute atomic E-state index is 0.0447. The molecule has 0 bridgehead atoms. The molecule has 1 atom stereocenters. The zero-order valence-electron chi connectivity index (χ0n) is 10.8. The van der Waals surface area contributed by atoms with Crippen molar-refractivity contribution < 1.29 is 0 Å². The summed E-state index contributed by atoms with van der Waals surface area (Å²) in [5.41, 5.74) is 14.7. The Bertz CT molecular complexity index is 505. The zero-order chi connectivity index (χ0) is 13.0. The van der Waals surface area contributed by atoms with Crippen LogP contribution in [0.2, 0.25) is 0 Å². The fourth-order valence-electron chi connectivity index (χ4n) is 1.94. The number of aromatic nitrogens is 2. The highest BCUT2D eigenvalue weighted by atomic mass is 15.0. The molecule has 18 heavy (non-hydrogen) atoms. The number of fused-ring (bicyclic) bond motifs is 1. The highest BCUT2D eigenvalue weighted by Crippen LogP contribution is 2.13. The Labute approximate surface area is 107 Å². The van der Waals surface area contributed by atoms with Gasteiger partial charge in [-0.3, -0.25) is 0 Å². The van der Waals surface area contributed by atoms with Gasteiger partial charge < -0.3 is 21.4 Å². The first-order valence-corrected chi connectivity index (χ1v) is 6.27. The van der Waals surface area contributed by atoms with Crippen molar-refractivity contribution >= 4 is 11.0 Å². The van der Waals surface area contributed by atoms with E-state index in [0.717, 1.165) is 30.5 Å². The molecule has 0 amide bonds. The lowest BCUT2D eigenvalue weighted by Crippen LogP contribution is -2.40. The second-order valence-corrected chi connectivity index (χ2v) is 4.63. The fourth-order valence-corrected chi connectivity index (χ4v) is 1.94. The molecule has 0 aliphatic carbocycles. The van der Waals surface area contributed by atoms with Crippen molar-refractivity contribution in [2.24, 2.45) is 18.5 Å². The molecular weight excluding hydrogens is 226 g/mol. The van der Waals surface area contributed by atoms with E-state index in [4.69, 9.17) is 11.5 Å². The molecule has 1 aromatic carbocycles. The number of aryl methyl sites for hydroxylation is 1. The van der Waals surface area contributed by atoms with Crippen molar-refractivity contribution in [1.29, 1.82) is 0 Å². The lowest BCUT2D eigenvalue weighted by Gasteiger charge is -2.10. The van der Waals surface area contributed by atoms with Gasteiger partial charge in [0.25, 0.3) is 0 Å². The highest BCUT2D eigenvalue weighted by molar-refractivity contribution is 5.75. The second kappa shape index (κ2) is 5.95. The van der Waals surface area contributed by atoms with Gasteiger partial charge in [0, 0.05) is 26.2 Å². The van der Waals surface area contributed by atoms with Crippen molar-refractivity contribution in [2.75, 3.05) is 19.6 Å². The van der Waals surface area contributed by atoms with E-state index >= 15 is 0 Å². The Morgan fingerprint density at radius 3 is 3.06 bits per heavy atom. The number of hydrogen-bond acceptors (Lipinski definition) is 4. The van der Waals surface area contributed by atoms with Crippen LogP contribution in [0.15, 0.2) is 24.5 Å². The number of nitrogens with two attached hydrogens (primary N) is 2. The quantitative estimate of drug-likeness (QED) is 0.627. The van der Waals surface area contributed by atoms with Crippen LogP contribution in [0.25, 0.3) is 11.0 Å². The molecule has 2 aromatic rings. The van der Waals surface area contributed by atoms with E-state index in [2.05, 4.69) is 28.5 Å². The van der Waals surface area contributed by atoms with Gasteiger partial charge in [-0.05, 0) is 30.7 Å². The van der Waals surface area contributed by atoms with Gasteiger partial charge in [0.2, 0.25) is 0 Å². The Morgan fingerprint density at radius 1 is 1.44 bits per heavy atom. The smallest absolute Gasteiger partial charge is 0.0955 e. The first kappa shape index (κ1) is 13.0. The maximum absolute atomic E-state index is 5.73. The van der Waals surface area contributed by atoms with E-state index in [1.54, 1.807) is 0 Å². The van der Waals surface area contributed by atoms with Gasteiger partial charge in [-0.1, -0.05) is 6.07 Å². The highest BCUT2D eigenvalue weighted by Gasteiger charge is 2.02. The van der Waals surface area contributed by atoms with Crippen LogP contribution < -0.4 is 16.8 Å². The summed E-state index contributed by atoms with van der Waals surface area (Å²) in [6.07, 6.45) is 2.82. The molecule has 0 aliphatic rings. The predicted molar refractivity (Wildman–Crippen MR) is 74.3 cm³/mol. The molecule has 98 valence electrons. The average molecular weight is 247 g/mol. The Hall–Kier alpha value is -1.43. The summed E-state index contributed by atoms with van der Waals surface area (Å²) >= 11 is 0. The van der Waals surface area contributed by atoms with E-state index in [1.807, 2.05) is 17.9 Å². The molecular formula is C13H21N5. The summed E-state index contributed by atoms with van der Waals surface area (Å²) < 4.78 is 2.03. The van der Waals surface area contributed by atoms with E-state index in [1.165, 1.54) is 5.56 Å². The number of imidazole rings is 1. The molecule has 1 heterocycles. The molecule has 5 heteroatoms. The van der Waals surface area contributed by atoms with Crippen LogP contribution in [0.3, 0.4) is 0 Å². The maximum atomic E-state index is 5.73. The first-order chi connectivity index (χ1) is 8.70. The minimum Gasteiger partial charge on any atom is -0.334 e. The van der Waals surface area contributed by atoms with E-state index < -0.39 is 0 Å².